The van der Waals surface area contributed by atoms with E-state index in [2.05, 4.69) is 20.4 Å². The summed E-state index contributed by atoms with van der Waals surface area (Å²) in [6.07, 6.45) is 1.61. The Hall–Kier alpha value is -8.07. The maximum atomic E-state index is 14.1. The summed E-state index contributed by atoms with van der Waals surface area (Å²) in [7, 11) is -2.16. The van der Waals surface area contributed by atoms with E-state index in [-0.39, 0.29) is 131 Å². The number of esters is 1. The summed E-state index contributed by atoms with van der Waals surface area (Å²) in [6.45, 7) is 6.30. The Morgan fingerprint density at radius 3 is 2.21 bits per heavy atom. The number of aliphatic imine (C=N–C) groups is 1. The molecule has 87 heavy (non-hydrogen) atoms. The topological polar surface area (TPSA) is 300 Å². The lowest BCUT2D eigenvalue weighted by Gasteiger charge is -2.36. The van der Waals surface area contributed by atoms with E-state index in [0.717, 1.165) is 0 Å². The Kier molecular flexibility index (Phi) is 25.1. The van der Waals surface area contributed by atoms with Gasteiger partial charge in [0.15, 0.2) is 17.4 Å². The number of ketones is 2. The third-order valence-corrected chi connectivity index (χ3v) is 16.4. The van der Waals surface area contributed by atoms with Gasteiger partial charge in [0.2, 0.25) is 39.2 Å². The molecule has 26 heteroatoms. The highest BCUT2D eigenvalue weighted by Crippen LogP contribution is 2.34. The number of nitrogens with two attached hydrogens (primary N) is 2. The molecule has 4 aromatic carbocycles. The molecule has 2 aliphatic rings. The van der Waals surface area contributed by atoms with Crippen LogP contribution in [-0.2, 0) is 56.5 Å². The normalized spacial score (nSPS) is 14.1. The molecular weight excluding hydrogens is 1160 g/mol. The molecule has 0 spiro atoms. The predicted molar refractivity (Wildman–Crippen MR) is 313 cm³/mol. The van der Waals surface area contributed by atoms with Crippen LogP contribution in [0.1, 0.15) is 88.8 Å². The number of benzene rings is 4. The quantitative estimate of drug-likeness (QED) is 0.0110. The predicted octanol–water partition coefficient (Wildman–Crippen LogP) is 6.87. The first kappa shape index (κ1) is 68.0. The number of carbonyl (C=O) groups is 7. The largest absolute Gasteiger partial charge is 0.445 e. The number of nitrogens with zero attached hydrogens (tertiary/aromatic N) is 4. The van der Waals surface area contributed by atoms with Crippen LogP contribution in [0, 0.1) is 41.0 Å². The van der Waals surface area contributed by atoms with Gasteiger partial charge in [0.1, 0.15) is 18.2 Å². The molecule has 0 saturated carbocycles. The molecule has 2 aliphatic heterocycles. The number of rotatable bonds is 32. The number of urea groups is 1. The summed E-state index contributed by atoms with van der Waals surface area (Å²) in [6, 6.07) is 17.0. The number of fused-ring (bicyclic) bond motifs is 1. The van der Waals surface area contributed by atoms with Gasteiger partial charge >= 0.3 is 18.1 Å². The second kappa shape index (κ2) is 32.1. The van der Waals surface area contributed by atoms with Crippen molar-refractivity contribution in [1.82, 2.24) is 24.7 Å². The first-order chi connectivity index (χ1) is 41.4. The average Bonchev–Trinajstić information content (AvgIpc) is 1.34. The van der Waals surface area contributed by atoms with Crippen molar-refractivity contribution < 1.29 is 78.9 Å². The highest BCUT2D eigenvalue weighted by Gasteiger charge is 2.37. The van der Waals surface area contributed by atoms with E-state index in [9.17, 15) is 64.6 Å². The average molecular weight is 1240 g/mol. The van der Waals surface area contributed by atoms with Crippen LogP contribution in [0.2, 0.25) is 0 Å². The number of nitrogens with one attached hydrogen (secondary N) is 2. The van der Waals surface area contributed by atoms with Crippen LogP contribution >= 0.6 is 0 Å². The van der Waals surface area contributed by atoms with Crippen molar-refractivity contribution in [2.24, 2.45) is 34.2 Å². The molecule has 0 bridgehead atoms. The van der Waals surface area contributed by atoms with Crippen molar-refractivity contribution in [2.45, 2.75) is 96.1 Å². The Labute approximate surface area is 502 Å². The van der Waals surface area contributed by atoms with Crippen molar-refractivity contribution in [1.29, 1.82) is 0 Å². The van der Waals surface area contributed by atoms with Crippen LogP contribution in [0.4, 0.5) is 32.8 Å². The van der Waals surface area contributed by atoms with Gasteiger partial charge in [-0.05, 0) is 78.1 Å². The smallest absolute Gasteiger partial charge is 0.409 e. The molecule has 0 aromatic heterocycles. The van der Waals surface area contributed by atoms with E-state index < -0.39 is 87.2 Å². The van der Waals surface area contributed by atoms with Crippen molar-refractivity contribution >= 4 is 69.1 Å². The summed E-state index contributed by atoms with van der Waals surface area (Å²) >= 11 is 0. The van der Waals surface area contributed by atoms with E-state index in [4.69, 9.17) is 20.9 Å². The fourth-order valence-electron chi connectivity index (χ4n) is 9.58. The second-order valence-electron chi connectivity index (χ2n) is 21.7. The van der Waals surface area contributed by atoms with Gasteiger partial charge in [-0.1, -0.05) is 69.3 Å². The van der Waals surface area contributed by atoms with E-state index in [1.54, 1.807) is 80.4 Å². The molecule has 470 valence electrons. The molecule has 2 atom stereocenters. The third kappa shape index (κ3) is 19.5. The minimum absolute atomic E-state index is 0.0361. The summed E-state index contributed by atoms with van der Waals surface area (Å²) < 4.78 is 97.9. The number of ether oxygens (including phenoxy) is 3. The standard InChI is InChI=1S/C61H74F4N8O13S/c1-5-21-72(59(79)44-27-43-17-16-42(29-51(43)69-53(66)30-44)41-9-6-10-46(28-41)87(82,83)73-33-40(34-73)35-74)23-8-22-71(4)61(81)85-36-39-14-12-38(13-15-39)26-52(76)50(11-7-20-68-60(67)80)70-58(78)47(37(2)3)31-45(75)18-24-84-25-19-54(77)86-57-55(64)48(62)32-49(63)56(57)65/h6,9-10,12-17,27-29,32,37,40,47,50,74H,5,7-8,11,18-26,30-31,33-36H2,1-4H3,(H2,66,69)(H,70,78)(H3,67,68,80)/t47-,50-/m0/s1. The van der Waals surface area contributed by atoms with Gasteiger partial charge in [0.25, 0.3) is 0 Å². The zero-order valence-electron chi connectivity index (χ0n) is 49.0. The zero-order valence-corrected chi connectivity index (χ0v) is 49.8. The van der Waals surface area contributed by atoms with Gasteiger partial charge < -0.3 is 51.2 Å². The van der Waals surface area contributed by atoms with E-state index in [0.29, 0.717) is 65.0 Å². The van der Waals surface area contributed by atoms with Gasteiger partial charge in [-0.15, -0.1) is 0 Å². The minimum Gasteiger partial charge on any atom is -0.445 e. The van der Waals surface area contributed by atoms with Gasteiger partial charge in [-0.3, -0.25) is 24.0 Å². The molecule has 7 N–H and O–H groups in total. The third-order valence-electron chi connectivity index (χ3n) is 14.6. The summed E-state index contributed by atoms with van der Waals surface area (Å²) in [5.41, 5.74) is 15.8. The van der Waals surface area contributed by atoms with E-state index >= 15 is 0 Å². The SMILES string of the molecule is CCCN(CCCN(C)C(=O)OCc1ccc(CC(=O)[C@H](CCCNC(N)=O)NC(=O)[C@@H](CC(=O)CCOCCC(=O)Oc2c(F)c(F)cc(F)c2F)C(C)C)cc1)C(=O)C1=Cc2ccc(-c3cccc(S(=O)(=O)N4CC(CO)C4)c3)cc2N=C(N)C1. The van der Waals surface area contributed by atoms with Crippen molar-refractivity contribution in [2.75, 3.05) is 66.1 Å². The summed E-state index contributed by atoms with van der Waals surface area (Å²) in [5.74, 6) is -12.7. The molecule has 1 saturated heterocycles. The van der Waals surface area contributed by atoms with Gasteiger partial charge in [0, 0.05) is 108 Å². The van der Waals surface area contributed by atoms with Crippen molar-refractivity contribution in [3.8, 4) is 16.9 Å². The molecule has 2 heterocycles. The number of carbonyl (C=O) groups excluding carboxylic acids is 7. The Balaban J connectivity index is 0.959. The zero-order chi connectivity index (χ0) is 63.5. The highest BCUT2D eigenvalue weighted by molar-refractivity contribution is 7.89. The number of halogens is 4. The van der Waals surface area contributed by atoms with Crippen molar-refractivity contribution in [3.63, 3.8) is 0 Å². The van der Waals surface area contributed by atoms with Crippen LogP contribution in [0.25, 0.3) is 17.2 Å². The van der Waals surface area contributed by atoms with Gasteiger partial charge in [-0.2, -0.15) is 13.1 Å². The lowest BCUT2D eigenvalue weighted by atomic mass is 9.88. The number of aliphatic hydroxyl groups excluding tert-OH is 1. The number of amides is 5. The molecule has 6 rings (SSSR count). The molecule has 4 aromatic rings. The van der Waals surface area contributed by atoms with Crippen LogP contribution in [0.15, 0.2) is 88.3 Å². The van der Waals surface area contributed by atoms with Crippen molar-refractivity contribution in [3.05, 3.63) is 118 Å². The Morgan fingerprint density at radius 1 is 0.862 bits per heavy atom. The number of sulfonamides is 1. The molecule has 0 unspecified atom stereocenters. The highest BCUT2D eigenvalue weighted by atomic mass is 32.2. The Bertz CT molecular complexity index is 3300. The molecule has 5 amide bonds. The molecular formula is C61H74F4N8O13S. The lowest BCUT2D eigenvalue weighted by Crippen LogP contribution is -2.51. The van der Waals surface area contributed by atoms with Gasteiger partial charge in [0.05, 0.1) is 36.3 Å². The number of hydrogen-bond acceptors (Lipinski definition) is 15. The Morgan fingerprint density at radius 2 is 1.54 bits per heavy atom. The van der Waals surface area contributed by atoms with E-state index in [1.807, 2.05) is 19.1 Å². The van der Waals surface area contributed by atoms with Crippen LogP contribution in [-0.4, -0.2) is 147 Å². The number of hydrogen-bond donors (Lipinski definition) is 5. The molecule has 0 aliphatic carbocycles. The number of aliphatic hydroxyl groups is 1. The van der Waals surface area contributed by atoms with E-state index in [1.165, 1.54) is 15.3 Å². The molecule has 21 nitrogen and oxygen atoms in total. The maximum absolute atomic E-state index is 14.1. The number of Topliss-reactive ketones (excluding diaryl/α,β-unsaturated/α-hetero) is 2. The van der Waals surface area contributed by atoms with Gasteiger partial charge in [-0.25, -0.2) is 31.8 Å². The lowest BCUT2D eigenvalue weighted by molar-refractivity contribution is -0.136. The number of amidine groups is 1. The fourth-order valence-corrected chi connectivity index (χ4v) is 11.2. The summed E-state index contributed by atoms with van der Waals surface area (Å²) in [5, 5.41) is 14.6. The van der Waals surface area contributed by atoms with Crippen LogP contribution in [0.5, 0.6) is 5.75 Å². The first-order valence-electron chi connectivity index (χ1n) is 28.5. The number of primary amides is 1. The first-order valence-corrected chi connectivity index (χ1v) is 30.0. The molecule has 0 radical (unpaired) electrons. The minimum atomic E-state index is -3.75. The maximum Gasteiger partial charge on any atom is 0.409 e. The summed E-state index contributed by atoms with van der Waals surface area (Å²) in [4.78, 5) is 99.0. The second-order valence-corrected chi connectivity index (χ2v) is 23.6. The van der Waals surface area contributed by atoms with Crippen LogP contribution in [0.3, 0.4) is 0 Å². The fraction of sp³-hybridized carbons (Fsp3) is 0.443. The molecule has 1 fully saturated rings. The monoisotopic (exact) mass is 1230 g/mol. The van der Waals surface area contributed by atoms with Crippen LogP contribution < -0.4 is 26.8 Å².